The number of nitrogen functional groups attached to an aromatic ring is 1. The number of benzene rings is 1. The molecule has 1 aromatic rings. The van der Waals surface area contributed by atoms with Gasteiger partial charge in [0.25, 0.3) is 0 Å². The number of carbonyl (C=O) groups excluding carboxylic acids is 2. The highest BCUT2D eigenvalue weighted by Gasteiger charge is 2.17. The van der Waals surface area contributed by atoms with Crippen LogP contribution < -0.4 is 11.1 Å². The Morgan fingerprint density at radius 1 is 1.38 bits per heavy atom. The normalized spacial score (nSPS) is 11.0. The van der Waals surface area contributed by atoms with Gasteiger partial charge in [0.1, 0.15) is 6.29 Å². The fourth-order valence-electron chi connectivity index (χ4n) is 1.95. The van der Waals surface area contributed by atoms with Crippen molar-refractivity contribution in [2.75, 3.05) is 11.1 Å². The summed E-state index contributed by atoms with van der Waals surface area (Å²) in [5.74, 6) is 0.130. The average Bonchev–Trinajstić information content (AvgIpc) is 2.49. The van der Waals surface area contributed by atoms with Crippen LogP contribution in [-0.4, -0.2) is 18.1 Å². The van der Waals surface area contributed by atoms with Gasteiger partial charge in [-0.05, 0) is 37.5 Å². The van der Waals surface area contributed by atoms with Crippen molar-refractivity contribution in [3.8, 4) is 0 Å². The molecule has 0 saturated carbocycles. The largest absolute Gasteiger partial charge is 0.397 e. The van der Waals surface area contributed by atoms with Crippen molar-refractivity contribution in [3.63, 3.8) is 0 Å². The first-order chi connectivity index (χ1) is 10.1. The molecule has 0 radical (unpaired) electrons. The Bertz CT molecular complexity index is 444. The zero-order chi connectivity index (χ0) is 16.3. The number of carbonyl (C=O) groups is 2. The topological polar surface area (TPSA) is 72.2 Å². The first-order valence-electron chi connectivity index (χ1n) is 7.67. The molecule has 0 aromatic heterocycles. The minimum Gasteiger partial charge on any atom is -0.397 e. The molecule has 1 aromatic carbocycles. The van der Waals surface area contributed by atoms with Crippen molar-refractivity contribution >= 4 is 23.4 Å². The second-order valence-corrected chi connectivity index (χ2v) is 4.75. The van der Waals surface area contributed by atoms with Gasteiger partial charge in [0.2, 0.25) is 0 Å². The first-order valence-corrected chi connectivity index (χ1v) is 7.67. The minimum absolute atomic E-state index is 0.130. The second-order valence-electron chi connectivity index (χ2n) is 4.75. The summed E-state index contributed by atoms with van der Waals surface area (Å²) in [6.45, 7) is 7.94. The quantitative estimate of drug-likeness (QED) is 0.565. The molecule has 3 N–H and O–H groups in total. The van der Waals surface area contributed by atoms with E-state index in [0.29, 0.717) is 24.9 Å². The summed E-state index contributed by atoms with van der Waals surface area (Å²) in [7, 11) is 0. The van der Waals surface area contributed by atoms with Crippen molar-refractivity contribution < 1.29 is 9.59 Å². The maximum Gasteiger partial charge on any atom is 0.155 e. The van der Waals surface area contributed by atoms with E-state index >= 15 is 0 Å². The van der Waals surface area contributed by atoms with Crippen molar-refractivity contribution in [1.82, 2.24) is 0 Å². The molecule has 0 fully saturated rings. The molecule has 0 amide bonds. The Labute approximate surface area is 128 Å². The van der Waals surface area contributed by atoms with E-state index in [4.69, 9.17) is 5.73 Å². The van der Waals surface area contributed by atoms with E-state index < -0.39 is 0 Å². The van der Waals surface area contributed by atoms with Gasteiger partial charge < -0.3 is 15.8 Å². The van der Waals surface area contributed by atoms with E-state index in [2.05, 4.69) is 5.32 Å². The number of hydrogen-bond acceptors (Lipinski definition) is 4. The number of hydrogen-bond donors (Lipinski definition) is 2. The van der Waals surface area contributed by atoms with Crippen LogP contribution in [0.4, 0.5) is 11.4 Å². The maximum atomic E-state index is 12.0. The summed E-state index contributed by atoms with van der Waals surface area (Å²) in [6, 6.07) is 5.32. The molecular formula is C17H28N2O2. The number of Topliss-reactive ketones (excluding diaryl/α,β-unsaturated/α-hetero) is 1. The van der Waals surface area contributed by atoms with Gasteiger partial charge in [-0.1, -0.05) is 26.8 Å². The molecule has 0 aliphatic heterocycles. The first kappa shape index (κ1) is 19.2. The second kappa shape index (κ2) is 10.9. The van der Waals surface area contributed by atoms with Crippen molar-refractivity contribution in [2.45, 2.75) is 59.4 Å². The van der Waals surface area contributed by atoms with E-state index in [1.165, 1.54) is 0 Å². The highest BCUT2D eigenvalue weighted by molar-refractivity contribution is 5.88. The van der Waals surface area contributed by atoms with E-state index in [-0.39, 0.29) is 11.8 Å². The van der Waals surface area contributed by atoms with Crippen LogP contribution >= 0.6 is 0 Å². The van der Waals surface area contributed by atoms with Crippen LogP contribution in [0.25, 0.3) is 0 Å². The summed E-state index contributed by atoms with van der Waals surface area (Å²) >= 11 is 0. The summed E-state index contributed by atoms with van der Waals surface area (Å²) in [5.41, 5.74) is 8.36. The zero-order valence-electron chi connectivity index (χ0n) is 13.6. The van der Waals surface area contributed by atoms with Gasteiger partial charge in [0.05, 0.1) is 17.4 Å². The van der Waals surface area contributed by atoms with Crippen LogP contribution in [0.1, 0.15) is 52.0 Å². The fourth-order valence-corrected chi connectivity index (χ4v) is 1.95. The molecule has 4 heteroatoms. The summed E-state index contributed by atoms with van der Waals surface area (Å²) in [4.78, 5) is 22.5. The number of ketones is 1. The van der Waals surface area contributed by atoms with Gasteiger partial charge in [-0.15, -0.1) is 0 Å². The average molecular weight is 292 g/mol. The molecule has 118 valence electrons. The lowest BCUT2D eigenvalue weighted by Crippen LogP contribution is -2.30. The van der Waals surface area contributed by atoms with Crippen LogP contribution in [0.3, 0.4) is 0 Å². The molecule has 0 aliphatic carbocycles. The number of nitrogens with two attached hydrogens (primary N) is 1. The van der Waals surface area contributed by atoms with Crippen LogP contribution in [0.2, 0.25) is 0 Å². The fraction of sp³-hybridized carbons (Fsp3) is 0.529. The van der Waals surface area contributed by atoms with Crippen molar-refractivity contribution in [2.24, 2.45) is 0 Å². The van der Waals surface area contributed by atoms with Gasteiger partial charge >= 0.3 is 0 Å². The van der Waals surface area contributed by atoms with E-state index in [1.807, 2.05) is 45.9 Å². The number of aryl methyl sites for hydroxylation is 1. The van der Waals surface area contributed by atoms with E-state index in [0.717, 1.165) is 24.0 Å². The molecule has 0 saturated heterocycles. The van der Waals surface area contributed by atoms with Gasteiger partial charge in [-0.2, -0.15) is 0 Å². The Morgan fingerprint density at radius 2 is 2.05 bits per heavy atom. The molecule has 0 bridgehead atoms. The molecule has 1 rings (SSSR count). The lowest BCUT2D eigenvalue weighted by Gasteiger charge is -2.19. The molecular weight excluding hydrogens is 264 g/mol. The minimum atomic E-state index is -0.339. The Hall–Kier alpha value is -1.84. The molecule has 0 aliphatic rings. The summed E-state index contributed by atoms with van der Waals surface area (Å²) in [5, 5.41) is 3.17. The Balaban J connectivity index is 0.00000191. The predicted octanol–water partition coefficient (Wildman–Crippen LogP) is 3.73. The summed E-state index contributed by atoms with van der Waals surface area (Å²) < 4.78 is 0. The highest BCUT2D eigenvalue weighted by atomic mass is 16.1. The third kappa shape index (κ3) is 6.93. The molecule has 0 heterocycles. The molecule has 4 nitrogen and oxygen atoms in total. The van der Waals surface area contributed by atoms with Crippen LogP contribution in [0.5, 0.6) is 0 Å². The summed E-state index contributed by atoms with van der Waals surface area (Å²) in [6.07, 6.45) is 3.05. The molecule has 1 atom stereocenters. The van der Waals surface area contributed by atoms with Crippen LogP contribution in [0.15, 0.2) is 18.2 Å². The van der Waals surface area contributed by atoms with Gasteiger partial charge in [-0.25, -0.2) is 0 Å². The van der Waals surface area contributed by atoms with E-state index in [1.54, 1.807) is 0 Å². The zero-order valence-corrected chi connectivity index (χ0v) is 13.6. The van der Waals surface area contributed by atoms with Gasteiger partial charge in [-0.3, -0.25) is 4.79 Å². The van der Waals surface area contributed by atoms with Crippen LogP contribution in [-0.2, 0) is 9.59 Å². The van der Waals surface area contributed by atoms with E-state index in [9.17, 15) is 9.59 Å². The molecule has 1 unspecified atom stereocenters. The Kier molecular flexibility index (Phi) is 9.94. The standard InChI is InChI=1S/C15H22N2O2.C2H6/c1-3-5-15(19)13(6-4-9-18)17-14-10-11(2)7-8-12(14)16;1-2/h7-10,13,17H,3-6,16H2,1-2H3;1-2H3. The predicted molar refractivity (Wildman–Crippen MR) is 89.6 cm³/mol. The SMILES string of the molecule is CC.CCCC(=O)C(CCC=O)Nc1cc(C)ccc1N. The monoisotopic (exact) mass is 292 g/mol. The number of nitrogens with one attached hydrogen (secondary N) is 1. The van der Waals surface area contributed by atoms with Crippen molar-refractivity contribution in [3.05, 3.63) is 23.8 Å². The third-order valence-corrected chi connectivity index (χ3v) is 3.00. The van der Waals surface area contributed by atoms with Gasteiger partial charge in [0, 0.05) is 12.8 Å². The Morgan fingerprint density at radius 3 is 2.62 bits per heavy atom. The highest BCUT2D eigenvalue weighted by Crippen LogP contribution is 2.22. The lowest BCUT2D eigenvalue weighted by molar-refractivity contribution is -0.120. The van der Waals surface area contributed by atoms with Crippen LogP contribution in [0, 0.1) is 6.92 Å². The number of aldehydes is 1. The van der Waals surface area contributed by atoms with Crippen molar-refractivity contribution in [1.29, 1.82) is 0 Å². The number of anilines is 2. The number of rotatable bonds is 8. The smallest absolute Gasteiger partial charge is 0.155 e. The molecule has 21 heavy (non-hydrogen) atoms. The lowest BCUT2D eigenvalue weighted by atomic mass is 10.0. The third-order valence-electron chi connectivity index (χ3n) is 3.00. The molecule has 0 spiro atoms. The maximum absolute atomic E-state index is 12.0. The van der Waals surface area contributed by atoms with Gasteiger partial charge in [0.15, 0.2) is 5.78 Å².